The Morgan fingerprint density at radius 1 is 1.42 bits per heavy atom. The van der Waals surface area contributed by atoms with Crippen LogP contribution in [0.1, 0.15) is 20.3 Å². The highest BCUT2D eigenvalue weighted by Crippen LogP contribution is 2.30. The van der Waals surface area contributed by atoms with E-state index in [4.69, 9.17) is 0 Å². The molecule has 1 aliphatic rings. The topological polar surface area (TPSA) is 49.4 Å². The first-order chi connectivity index (χ1) is 8.69. The predicted octanol–water partition coefficient (Wildman–Crippen LogP) is 1.61. The molecule has 1 saturated heterocycles. The molecule has 2 amide bonds. The molecule has 1 aliphatic heterocycles. The second-order valence-electron chi connectivity index (χ2n) is 4.80. The fourth-order valence-corrected chi connectivity index (χ4v) is 2.41. The van der Waals surface area contributed by atoms with Crippen molar-refractivity contribution in [3.63, 3.8) is 0 Å². The summed E-state index contributed by atoms with van der Waals surface area (Å²) >= 11 is -0.180. The highest BCUT2D eigenvalue weighted by molar-refractivity contribution is 8.00. The van der Waals surface area contributed by atoms with Crippen molar-refractivity contribution in [1.29, 1.82) is 0 Å². The minimum absolute atomic E-state index is 0.0645. The Morgan fingerprint density at radius 3 is 2.58 bits per heavy atom. The highest BCUT2D eigenvalue weighted by Gasteiger charge is 2.34. The molecule has 0 aromatic rings. The summed E-state index contributed by atoms with van der Waals surface area (Å²) in [6, 6.07) is -0.614. The van der Waals surface area contributed by atoms with Crippen LogP contribution in [0.15, 0.2) is 0 Å². The van der Waals surface area contributed by atoms with E-state index in [0.29, 0.717) is 6.42 Å². The number of thioether (sulfide) groups is 1. The van der Waals surface area contributed by atoms with Crippen LogP contribution in [0.2, 0.25) is 0 Å². The van der Waals surface area contributed by atoms with Crippen molar-refractivity contribution >= 4 is 23.6 Å². The van der Waals surface area contributed by atoms with Crippen LogP contribution in [0, 0.1) is 5.92 Å². The van der Waals surface area contributed by atoms with E-state index >= 15 is 0 Å². The van der Waals surface area contributed by atoms with Crippen LogP contribution in [-0.2, 0) is 9.59 Å². The van der Waals surface area contributed by atoms with Crippen molar-refractivity contribution in [1.82, 2.24) is 10.2 Å². The zero-order chi connectivity index (χ0) is 14.6. The summed E-state index contributed by atoms with van der Waals surface area (Å²) in [7, 11) is 0. The average molecular weight is 298 g/mol. The molecular weight excluding hydrogens is 281 g/mol. The molecule has 0 saturated carbocycles. The molecule has 1 atom stereocenters. The van der Waals surface area contributed by atoms with Crippen molar-refractivity contribution in [3.8, 4) is 0 Å². The van der Waals surface area contributed by atoms with Crippen LogP contribution in [0.3, 0.4) is 0 Å². The molecule has 1 rings (SSSR count). The Kier molecular flexibility index (Phi) is 5.51. The number of carbonyl (C=O) groups is 2. The van der Waals surface area contributed by atoms with Crippen LogP contribution in [0.4, 0.5) is 13.2 Å². The number of piperazine rings is 1. The summed E-state index contributed by atoms with van der Waals surface area (Å²) in [5.41, 5.74) is -4.31. The molecule has 19 heavy (non-hydrogen) atoms. The van der Waals surface area contributed by atoms with Crippen molar-refractivity contribution in [2.45, 2.75) is 31.8 Å². The van der Waals surface area contributed by atoms with E-state index in [1.807, 2.05) is 13.8 Å². The lowest BCUT2D eigenvalue weighted by atomic mass is 10.0. The second-order valence-corrected chi connectivity index (χ2v) is 5.96. The van der Waals surface area contributed by atoms with Crippen LogP contribution in [0.25, 0.3) is 0 Å². The van der Waals surface area contributed by atoms with E-state index in [1.54, 1.807) is 0 Å². The number of alkyl halides is 3. The lowest BCUT2D eigenvalue weighted by molar-refractivity contribution is -0.144. The van der Waals surface area contributed by atoms with Gasteiger partial charge in [0.2, 0.25) is 11.8 Å². The van der Waals surface area contributed by atoms with Gasteiger partial charge in [-0.2, -0.15) is 13.2 Å². The molecule has 0 aromatic heterocycles. The molecule has 0 aromatic carbocycles. The lowest BCUT2D eigenvalue weighted by Crippen LogP contribution is -2.58. The predicted molar refractivity (Wildman–Crippen MR) is 66.5 cm³/mol. The Morgan fingerprint density at radius 2 is 2.05 bits per heavy atom. The van der Waals surface area contributed by atoms with Crippen molar-refractivity contribution in [3.05, 3.63) is 0 Å². The Balaban J connectivity index is 2.52. The molecule has 4 nitrogen and oxygen atoms in total. The van der Waals surface area contributed by atoms with Gasteiger partial charge >= 0.3 is 5.51 Å². The molecular formula is C11H17F3N2O2S. The fourth-order valence-electron chi connectivity index (χ4n) is 1.87. The van der Waals surface area contributed by atoms with E-state index in [1.165, 1.54) is 4.90 Å². The van der Waals surface area contributed by atoms with Crippen molar-refractivity contribution in [2.75, 3.05) is 18.8 Å². The first-order valence-electron chi connectivity index (χ1n) is 5.98. The molecule has 1 N–H and O–H groups in total. The number of nitrogens with zero attached hydrogens (tertiary/aromatic N) is 1. The molecule has 110 valence electrons. The minimum atomic E-state index is -4.31. The number of rotatable bonds is 5. The molecule has 1 heterocycles. The van der Waals surface area contributed by atoms with Crippen molar-refractivity contribution < 1.29 is 22.8 Å². The van der Waals surface area contributed by atoms with E-state index in [0.717, 1.165) is 0 Å². The molecule has 1 unspecified atom stereocenters. The molecule has 0 bridgehead atoms. The number of nitrogens with one attached hydrogen (secondary N) is 1. The zero-order valence-corrected chi connectivity index (χ0v) is 11.6. The third-order valence-electron chi connectivity index (χ3n) is 2.61. The normalized spacial score (nSPS) is 20.9. The quantitative estimate of drug-likeness (QED) is 0.839. The number of amides is 2. The lowest BCUT2D eigenvalue weighted by Gasteiger charge is -2.33. The van der Waals surface area contributed by atoms with E-state index in [-0.39, 0.29) is 48.3 Å². The smallest absolute Gasteiger partial charge is 0.343 e. The van der Waals surface area contributed by atoms with Gasteiger partial charge in [-0.3, -0.25) is 9.59 Å². The van der Waals surface area contributed by atoms with Gasteiger partial charge in [0.1, 0.15) is 6.04 Å². The van der Waals surface area contributed by atoms with E-state index in [2.05, 4.69) is 5.32 Å². The summed E-state index contributed by atoms with van der Waals surface area (Å²) < 4.78 is 36.0. The largest absolute Gasteiger partial charge is 0.441 e. The maximum atomic E-state index is 12.0. The van der Waals surface area contributed by atoms with E-state index < -0.39 is 11.6 Å². The standard InChI is InChI=1S/C11H17F3N2O2S/c1-7(2)5-8-10(18)16(6-9(17)15-8)3-4-19-11(12,13)14/h7-8H,3-6H2,1-2H3,(H,15,17). The molecule has 8 heteroatoms. The van der Waals surface area contributed by atoms with Crippen LogP contribution in [-0.4, -0.2) is 47.1 Å². The van der Waals surface area contributed by atoms with E-state index in [9.17, 15) is 22.8 Å². The van der Waals surface area contributed by atoms with Gasteiger partial charge in [0.05, 0.1) is 6.54 Å². The summed E-state index contributed by atoms with van der Waals surface area (Å²) in [6.45, 7) is 3.60. The molecule has 1 fully saturated rings. The third-order valence-corrected chi connectivity index (χ3v) is 3.33. The van der Waals surface area contributed by atoms with Crippen LogP contribution in [0.5, 0.6) is 0 Å². The van der Waals surface area contributed by atoms with Crippen LogP contribution >= 0.6 is 11.8 Å². The Bertz CT molecular complexity index is 347. The average Bonchev–Trinajstić information content (AvgIpc) is 2.22. The number of hydrogen-bond donors (Lipinski definition) is 1. The van der Waals surface area contributed by atoms with Gasteiger partial charge < -0.3 is 10.2 Å². The second kappa shape index (κ2) is 6.49. The van der Waals surface area contributed by atoms with Gasteiger partial charge in [-0.05, 0) is 24.1 Å². The fraction of sp³-hybridized carbons (Fsp3) is 0.818. The SMILES string of the molecule is CC(C)CC1NC(=O)CN(CCSC(F)(F)F)C1=O. The summed E-state index contributed by atoms with van der Waals surface area (Å²) in [6.07, 6.45) is 0.494. The van der Waals surface area contributed by atoms with Gasteiger partial charge in [-0.25, -0.2) is 0 Å². The summed E-state index contributed by atoms with van der Waals surface area (Å²) in [5, 5.41) is 2.57. The molecule has 0 radical (unpaired) electrons. The van der Waals surface area contributed by atoms with Gasteiger partial charge in [0.15, 0.2) is 0 Å². The maximum absolute atomic E-state index is 12.0. The first-order valence-corrected chi connectivity index (χ1v) is 6.96. The summed E-state index contributed by atoms with van der Waals surface area (Å²) in [5.74, 6) is -0.645. The number of halogens is 3. The van der Waals surface area contributed by atoms with Gasteiger partial charge in [0.25, 0.3) is 0 Å². The van der Waals surface area contributed by atoms with Crippen molar-refractivity contribution in [2.24, 2.45) is 5.92 Å². The number of carbonyl (C=O) groups excluding carboxylic acids is 2. The first kappa shape index (κ1) is 16.1. The zero-order valence-electron chi connectivity index (χ0n) is 10.8. The molecule has 0 spiro atoms. The highest BCUT2D eigenvalue weighted by atomic mass is 32.2. The monoisotopic (exact) mass is 298 g/mol. The number of hydrogen-bond acceptors (Lipinski definition) is 3. The maximum Gasteiger partial charge on any atom is 0.441 e. The summed E-state index contributed by atoms with van der Waals surface area (Å²) in [4.78, 5) is 24.6. The van der Waals surface area contributed by atoms with Gasteiger partial charge in [0, 0.05) is 12.3 Å². The Hall–Kier alpha value is -0.920. The third kappa shape index (κ3) is 5.71. The minimum Gasteiger partial charge on any atom is -0.343 e. The van der Waals surface area contributed by atoms with Gasteiger partial charge in [-0.15, -0.1) is 0 Å². The van der Waals surface area contributed by atoms with Crippen LogP contribution < -0.4 is 5.32 Å². The van der Waals surface area contributed by atoms with Gasteiger partial charge in [-0.1, -0.05) is 13.8 Å². The molecule has 0 aliphatic carbocycles. The Labute approximate surface area is 114 Å².